The third-order valence-electron chi connectivity index (χ3n) is 1.39. The molecule has 0 aromatic carbocycles. The molecule has 1 heterocycles. The van der Waals surface area contributed by atoms with Crippen molar-refractivity contribution in [1.29, 1.82) is 0 Å². The fourth-order valence-electron chi connectivity index (χ4n) is 0.702. The summed E-state index contributed by atoms with van der Waals surface area (Å²) in [6.07, 6.45) is 0. The molecule has 0 fully saturated rings. The van der Waals surface area contributed by atoms with Gasteiger partial charge in [-0.2, -0.15) is 0 Å². The van der Waals surface area contributed by atoms with Crippen LogP contribution < -0.4 is 0 Å². The maximum atomic E-state index is 11.5. The van der Waals surface area contributed by atoms with Crippen molar-refractivity contribution in [3.05, 3.63) is 64.9 Å². The molecule has 0 saturated heterocycles. The lowest BCUT2D eigenvalue weighted by Gasteiger charge is -1.87. The highest BCUT2D eigenvalue weighted by Crippen LogP contribution is 2.17. The summed E-state index contributed by atoms with van der Waals surface area (Å²) < 4.78 is 11.5. The van der Waals surface area contributed by atoms with Crippen LogP contribution in [0.25, 0.3) is 0 Å². The van der Waals surface area contributed by atoms with Crippen LogP contribution in [-0.2, 0) is 10.8 Å². The summed E-state index contributed by atoms with van der Waals surface area (Å²) in [7, 11) is -1.04. The molecule has 0 amide bonds. The Morgan fingerprint density at radius 1 is 0.474 bits per heavy atom. The van der Waals surface area contributed by atoms with E-state index in [4.69, 9.17) is 0 Å². The summed E-state index contributed by atoms with van der Waals surface area (Å²) in [5.74, 6) is 0. The molecule has 0 aliphatic carbocycles. The van der Waals surface area contributed by atoms with Gasteiger partial charge in [0, 0.05) is 10.8 Å². The van der Waals surface area contributed by atoms with E-state index in [-0.39, 0.29) is 0 Å². The Kier molecular flexibility index (Phi) is 12.2. The third-order valence-corrected chi connectivity index (χ3v) is 6.16. The van der Waals surface area contributed by atoms with E-state index in [1.54, 1.807) is 46.1 Å². The zero-order valence-corrected chi connectivity index (χ0v) is 14.7. The van der Waals surface area contributed by atoms with Gasteiger partial charge in [-0.25, -0.2) is 0 Å². The first kappa shape index (κ1) is 17.4. The molecule has 7 heteroatoms. The normalized spacial score (nSPS) is 29.5. The standard InChI is InChI=1S/C12H12OS6/c13-19-11-9-17-7-5-15-3-1-14-2-4-16-6-8-18-10-12-19/h1-12H/b3-1-,4-2-,7-5-,8-6-,11-9-,12-10-. The predicted octanol–water partition coefficient (Wildman–Crippen LogP) is 6.24. The van der Waals surface area contributed by atoms with Crippen LogP contribution in [0.3, 0.4) is 0 Å². The molecule has 1 rings (SSSR count). The zero-order chi connectivity index (χ0) is 13.6. The van der Waals surface area contributed by atoms with Gasteiger partial charge in [-0.1, -0.05) is 0 Å². The molecule has 0 N–H and O–H groups in total. The summed E-state index contributed by atoms with van der Waals surface area (Å²) in [6.45, 7) is 0. The quantitative estimate of drug-likeness (QED) is 0.502. The summed E-state index contributed by atoms with van der Waals surface area (Å²) in [5, 5.41) is 23.0. The van der Waals surface area contributed by atoms with Crippen molar-refractivity contribution in [3.8, 4) is 0 Å². The first-order chi connectivity index (χ1) is 9.39. The molecule has 0 aromatic rings. The lowest BCUT2D eigenvalue weighted by atomic mass is 11.2. The number of hydrogen-bond donors (Lipinski definition) is 0. The SMILES string of the molecule is O=S1/C=C\S/C=C\S/C=C\S/C=C\S/C=C\S/C=C\1. The minimum Gasteiger partial charge on any atom is -0.250 e. The summed E-state index contributed by atoms with van der Waals surface area (Å²) >= 11 is 7.90. The van der Waals surface area contributed by atoms with E-state index in [9.17, 15) is 4.21 Å². The Morgan fingerprint density at radius 2 is 0.737 bits per heavy atom. The summed E-state index contributed by atoms with van der Waals surface area (Å²) in [5.41, 5.74) is 0. The smallest absolute Gasteiger partial charge is 0.0712 e. The van der Waals surface area contributed by atoms with Gasteiger partial charge < -0.3 is 0 Å². The molecule has 1 aliphatic rings. The molecule has 0 bridgehead atoms. The van der Waals surface area contributed by atoms with Gasteiger partial charge in [0.25, 0.3) is 0 Å². The van der Waals surface area contributed by atoms with Crippen molar-refractivity contribution in [1.82, 2.24) is 0 Å². The maximum absolute atomic E-state index is 11.5. The average Bonchev–Trinajstić information content (AvgIpc) is 2.41. The highest BCUT2D eigenvalue weighted by molar-refractivity contribution is 8.11. The lowest BCUT2D eigenvalue weighted by molar-refractivity contribution is 0.693. The molecule has 1 aliphatic heterocycles. The second kappa shape index (κ2) is 13.3. The van der Waals surface area contributed by atoms with Crippen LogP contribution in [0.4, 0.5) is 0 Å². The first-order valence-electron chi connectivity index (χ1n) is 5.00. The Hall–Kier alpha value is 0.340. The van der Waals surface area contributed by atoms with Gasteiger partial charge >= 0.3 is 0 Å². The molecule has 19 heavy (non-hydrogen) atoms. The van der Waals surface area contributed by atoms with Gasteiger partial charge in [0.2, 0.25) is 0 Å². The van der Waals surface area contributed by atoms with Crippen LogP contribution in [-0.4, -0.2) is 4.21 Å². The van der Waals surface area contributed by atoms with E-state index < -0.39 is 10.8 Å². The Bertz CT molecular complexity index is 396. The molecular weight excluding hydrogens is 353 g/mol. The monoisotopic (exact) mass is 364 g/mol. The summed E-state index contributed by atoms with van der Waals surface area (Å²) in [6, 6.07) is 0. The zero-order valence-electron chi connectivity index (χ0n) is 9.79. The Labute approximate surface area is 138 Å². The fourth-order valence-corrected chi connectivity index (χ4v) is 4.69. The van der Waals surface area contributed by atoms with Crippen LogP contribution >= 0.6 is 58.8 Å². The second-order valence-electron chi connectivity index (χ2n) is 2.64. The van der Waals surface area contributed by atoms with E-state index >= 15 is 0 Å². The predicted molar refractivity (Wildman–Crippen MR) is 101 cm³/mol. The number of thioether (sulfide) groups is 5. The molecular formula is C12H12OS6. The van der Waals surface area contributed by atoms with Gasteiger partial charge in [0.15, 0.2) is 0 Å². The first-order valence-corrected chi connectivity index (χ1v) is 11.0. The van der Waals surface area contributed by atoms with Crippen LogP contribution in [0.5, 0.6) is 0 Å². The Morgan fingerprint density at radius 3 is 1.05 bits per heavy atom. The van der Waals surface area contributed by atoms with Gasteiger partial charge in [-0.05, 0) is 54.1 Å². The van der Waals surface area contributed by atoms with E-state index in [0.29, 0.717) is 0 Å². The van der Waals surface area contributed by atoms with Crippen molar-refractivity contribution >= 4 is 69.6 Å². The topological polar surface area (TPSA) is 17.1 Å². The molecule has 0 spiro atoms. The molecule has 0 saturated carbocycles. The van der Waals surface area contributed by atoms with Crippen molar-refractivity contribution < 1.29 is 4.21 Å². The Balaban J connectivity index is 2.52. The van der Waals surface area contributed by atoms with E-state index in [2.05, 4.69) is 0 Å². The van der Waals surface area contributed by atoms with Gasteiger partial charge in [0.05, 0.1) is 10.8 Å². The molecule has 102 valence electrons. The largest absolute Gasteiger partial charge is 0.250 e. The summed E-state index contributed by atoms with van der Waals surface area (Å²) in [4.78, 5) is 0. The minimum atomic E-state index is -1.04. The minimum absolute atomic E-state index is 1.04. The second-order valence-corrected chi connectivity index (χ2v) is 7.93. The van der Waals surface area contributed by atoms with Gasteiger partial charge in [0.1, 0.15) is 0 Å². The molecule has 0 unspecified atom stereocenters. The van der Waals surface area contributed by atoms with Crippen molar-refractivity contribution in [3.63, 3.8) is 0 Å². The lowest BCUT2D eigenvalue weighted by Crippen LogP contribution is -1.71. The average molecular weight is 365 g/mol. The third kappa shape index (κ3) is 11.8. The van der Waals surface area contributed by atoms with E-state index in [1.807, 2.05) is 54.1 Å². The van der Waals surface area contributed by atoms with Crippen LogP contribution in [0.15, 0.2) is 64.9 Å². The highest BCUT2D eigenvalue weighted by Gasteiger charge is 1.84. The molecule has 0 aromatic heterocycles. The number of hydrogen-bond acceptors (Lipinski definition) is 6. The van der Waals surface area contributed by atoms with Crippen molar-refractivity contribution in [2.45, 2.75) is 0 Å². The molecule has 0 radical (unpaired) electrons. The van der Waals surface area contributed by atoms with E-state index in [1.165, 1.54) is 23.5 Å². The van der Waals surface area contributed by atoms with E-state index in [0.717, 1.165) is 0 Å². The maximum Gasteiger partial charge on any atom is 0.0712 e. The highest BCUT2D eigenvalue weighted by atomic mass is 32.2. The molecule has 1 nitrogen and oxygen atoms in total. The van der Waals surface area contributed by atoms with Crippen molar-refractivity contribution in [2.75, 3.05) is 0 Å². The van der Waals surface area contributed by atoms with Crippen LogP contribution in [0.1, 0.15) is 0 Å². The van der Waals surface area contributed by atoms with Gasteiger partial charge in [-0.15, -0.1) is 58.8 Å². The van der Waals surface area contributed by atoms with Crippen molar-refractivity contribution in [2.24, 2.45) is 0 Å². The fraction of sp³-hybridized carbons (Fsp3) is 0. The number of rotatable bonds is 0. The van der Waals surface area contributed by atoms with Crippen LogP contribution in [0, 0.1) is 0 Å². The van der Waals surface area contributed by atoms with Crippen LogP contribution in [0.2, 0.25) is 0 Å². The molecule has 0 atom stereocenters. The van der Waals surface area contributed by atoms with Gasteiger partial charge in [-0.3, -0.25) is 4.21 Å².